The topological polar surface area (TPSA) is 130 Å². The summed E-state index contributed by atoms with van der Waals surface area (Å²) in [5.41, 5.74) is 5.72. The number of nitrogens with zero attached hydrogens (tertiary/aromatic N) is 6. The van der Waals surface area contributed by atoms with Crippen molar-refractivity contribution in [3.8, 4) is 11.5 Å². The van der Waals surface area contributed by atoms with Crippen LogP contribution >= 0.6 is 0 Å². The smallest absolute Gasteiger partial charge is 0.282 e. The van der Waals surface area contributed by atoms with E-state index in [-0.39, 0.29) is 17.4 Å². The average Bonchev–Trinajstić information content (AvgIpc) is 3.58. The van der Waals surface area contributed by atoms with E-state index in [0.29, 0.717) is 18.9 Å². The summed E-state index contributed by atoms with van der Waals surface area (Å²) in [4.78, 5) is 23.1. The highest BCUT2D eigenvalue weighted by Gasteiger charge is 2.28. The number of rotatable bonds is 6. The number of hydrogen-bond donors (Lipinski definition) is 3. The molecular weight excluding hydrogens is 522 g/mol. The Morgan fingerprint density at radius 2 is 1.88 bits per heavy atom. The van der Waals surface area contributed by atoms with E-state index in [4.69, 9.17) is 4.74 Å². The number of amides is 1. The molecule has 1 saturated heterocycles. The predicted octanol–water partition coefficient (Wildman–Crippen LogP) is 5.51. The van der Waals surface area contributed by atoms with Crippen molar-refractivity contribution in [2.75, 3.05) is 18.4 Å². The van der Waals surface area contributed by atoms with Crippen molar-refractivity contribution in [2.24, 2.45) is 7.05 Å². The van der Waals surface area contributed by atoms with Crippen LogP contribution in [0.1, 0.15) is 36.8 Å². The summed E-state index contributed by atoms with van der Waals surface area (Å²) in [7, 11) is 1.96. The fourth-order valence-electron chi connectivity index (χ4n) is 5.41. The molecule has 0 atom stereocenters. The van der Waals surface area contributed by atoms with Crippen molar-refractivity contribution in [3.63, 3.8) is 0 Å². The minimum atomic E-state index is -0.927. The van der Waals surface area contributed by atoms with Crippen molar-refractivity contribution >= 4 is 34.0 Å². The van der Waals surface area contributed by atoms with Crippen molar-refractivity contribution < 1.29 is 19.7 Å². The van der Waals surface area contributed by atoms with Crippen LogP contribution in [0.15, 0.2) is 72.8 Å². The SMILES string of the molecule is CC(C(=O)N1CCC(c2ccn3ncnc(Nc4ccc(Oc5ccc6c(c5)ncn6C)c(C)c4)c23)CC1)=C(O)O. The van der Waals surface area contributed by atoms with Crippen molar-refractivity contribution in [1.29, 1.82) is 0 Å². The first-order chi connectivity index (χ1) is 19.8. The molecule has 41 heavy (non-hydrogen) atoms. The van der Waals surface area contributed by atoms with E-state index < -0.39 is 5.95 Å². The zero-order valence-corrected chi connectivity index (χ0v) is 23.1. The normalized spacial score (nSPS) is 14.0. The Balaban J connectivity index is 1.20. The monoisotopic (exact) mass is 553 g/mol. The maximum atomic E-state index is 12.5. The number of imidazole rings is 1. The number of carbonyl (C=O) groups is 1. The molecular formula is C30H31N7O4. The van der Waals surface area contributed by atoms with Crippen LogP contribution in [0, 0.1) is 6.92 Å². The summed E-state index contributed by atoms with van der Waals surface area (Å²) >= 11 is 0. The maximum Gasteiger partial charge on any atom is 0.282 e. The van der Waals surface area contributed by atoms with Crippen molar-refractivity contribution in [2.45, 2.75) is 32.6 Å². The van der Waals surface area contributed by atoms with Crippen LogP contribution in [0.25, 0.3) is 16.6 Å². The van der Waals surface area contributed by atoms with Crippen LogP contribution in [0.3, 0.4) is 0 Å². The van der Waals surface area contributed by atoms with E-state index in [1.165, 1.54) is 13.3 Å². The number of aliphatic hydroxyl groups excluding tert-OH is 1. The second-order valence-corrected chi connectivity index (χ2v) is 10.4. The molecule has 3 N–H and O–H groups in total. The average molecular weight is 554 g/mol. The van der Waals surface area contributed by atoms with Gasteiger partial charge in [0, 0.05) is 38.1 Å². The molecule has 0 radical (unpaired) electrons. The molecule has 0 bridgehead atoms. The van der Waals surface area contributed by atoms with Crippen molar-refractivity contribution in [1.82, 2.24) is 29.0 Å². The lowest BCUT2D eigenvalue weighted by Crippen LogP contribution is -2.38. The number of ether oxygens (including phenoxy) is 1. The molecule has 1 amide bonds. The molecule has 1 aliphatic heterocycles. The van der Waals surface area contributed by atoms with Gasteiger partial charge >= 0.3 is 0 Å². The number of aliphatic hydroxyl groups is 2. The summed E-state index contributed by atoms with van der Waals surface area (Å²) in [5, 5.41) is 26.4. The summed E-state index contributed by atoms with van der Waals surface area (Å²) in [6, 6.07) is 13.8. The van der Waals surface area contributed by atoms with E-state index in [2.05, 4.69) is 26.4 Å². The number of hydrogen-bond acceptors (Lipinski definition) is 8. The van der Waals surface area contributed by atoms with E-state index in [0.717, 1.165) is 57.7 Å². The highest BCUT2D eigenvalue weighted by atomic mass is 16.5. The quantitative estimate of drug-likeness (QED) is 0.185. The Bertz CT molecular complexity index is 1790. The van der Waals surface area contributed by atoms with Gasteiger partial charge < -0.3 is 29.7 Å². The standard InChI is InChI=1S/C30H31N7O4/c1-18-14-21(4-7-26(18)41-22-5-6-25-24(15-22)32-17-35(25)3)34-28-27-23(10-13-37(27)33-16-31-28)20-8-11-36(12-9-20)29(38)19(2)30(39)40/h4-7,10,13-17,20,39-40H,8-9,11-12H2,1-3H3,(H,31,33,34). The molecule has 5 aromatic rings. The molecule has 3 aromatic heterocycles. The summed E-state index contributed by atoms with van der Waals surface area (Å²) in [5.74, 6) is 1.10. The Kier molecular flexibility index (Phi) is 6.70. The van der Waals surface area contributed by atoms with Gasteiger partial charge in [0.15, 0.2) is 5.82 Å². The fourth-order valence-corrected chi connectivity index (χ4v) is 5.41. The number of fused-ring (bicyclic) bond motifs is 2. The van der Waals surface area contributed by atoms with Crippen LogP contribution in [-0.2, 0) is 11.8 Å². The molecule has 1 aliphatic rings. The summed E-state index contributed by atoms with van der Waals surface area (Å²) in [6.45, 7) is 4.47. The third-order valence-corrected chi connectivity index (χ3v) is 7.73. The summed E-state index contributed by atoms with van der Waals surface area (Å²) in [6.07, 6.45) is 6.72. The van der Waals surface area contributed by atoms with Gasteiger partial charge in [0.1, 0.15) is 23.3 Å². The van der Waals surface area contributed by atoms with Crippen LogP contribution in [0.2, 0.25) is 0 Å². The zero-order valence-electron chi connectivity index (χ0n) is 23.1. The molecule has 11 heteroatoms. The zero-order chi connectivity index (χ0) is 28.7. The number of aromatic nitrogens is 5. The number of anilines is 2. The van der Waals surface area contributed by atoms with E-state index in [1.54, 1.807) is 11.2 Å². The predicted molar refractivity (Wildman–Crippen MR) is 155 cm³/mol. The lowest BCUT2D eigenvalue weighted by Gasteiger charge is -2.32. The van der Waals surface area contributed by atoms with Gasteiger partial charge in [-0.05, 0) is 80.1 Å². The van der Waals surface area contributed by atoms with Gasteiger partial charge in [0.25, 0.3) is 11.9 Å². The minimum absolute atomic E-state index is 0.0429. The number of aryl methyl sites for hydroxylation is 2. The van der Waals surface area contributed by atoms with Gasteiger partial charge in [-0.1, -0.05) is 0 Å². The van der Waals surface area contributed by atoms with E-state index in [1.807, 2.05) is 65.6 Å². The molecule has 210 valence electrons. The lowest BCUT2D eigenvalue weighted by atomic mass is 9.89. The first kappa shape index (κ1) is 26.2. The second kappa shape index (κ2) is 10.5. The van der Waals surface area contributed by atoms with Gasteiger partial charge in [-0.15, -0.1) is 0 Å². The van der Waals surface area contributed by atoms with Gasteiger partial charge in [0.2, 0.25) is 0 Å². The number of benzene rings is 2. The molecule has 4 heterocycles. The van der Waals surface area contributed by atoms with Gasteiger partial charge in [-0.25, -0.2) is 14.5 Å². The van der Waals surface area contributed by atoms with Gasteiger partial charge in [-0.3, -0.25) is 4.79 Å². The molecule has 0 spiro atoms. The number of carbonyl (C=O) groups excluding carboxylic acids is 1. The first-order valence-electron chi connectivity index (χ1n) is 13.5. The van der Waals surface area contributed by atoms with Crippen molar-refractivity contribution in [3.05, 3.63) is 84.0 Å². The maximum absolute atomic E-state index is 12.5. The fraction of sp³-hybridized carbons (Fsp3) is 0.267. The molecule has 0 unspecified atom stereocenters. The van der Waals surface area contributed by atoms with E-state index >= 15 is 0 Å². The number of nitrogens with one attached hydrogen (secondary N) is 1. The second-order valence-electron chi connectivity index (χ2n) is 10.4. The van der Waals surface area contributed by atoms with Gasteiger partial charge in [-0.2, -0.15) is 5.10 Å². The lowest BCUT2D eigenvalue weighted by molar-refractivity contribution is -0.128. The molecule has 1 fully saturated rings. The van der Waals surface area contributed by atoms with Crippen LogP contribution in [-0.4, -0.2) is 58.3 Å². The Morgan fingerprint density at radius 1 is 1.07 bits per heavy atom. The Labute approximate surface area is 236 Å². The summed E-state index contributed by atoms with van der Waals surface area (Å²) < 4.78 is 9.96. The van der Waals surface area contributed by atoms with Crippen LogP contribution < -0.4 is 10.1 Å². The first-order valence-corrected chi connectivity index (χ1v) is 13.5. The largest absolute Gasteiger partial charge is 0.481 e. The van der Waals surface area contributed by atoms with Crippen LogP contribution in [0.4, 0.5) is 11.5 Å². The molecule has 0 saturated carbocycles. The van der Waals surface area contributed by atoms with E-state index in [9.17, 15) is 15.0 Å². The van der Waals surface area contributed by atoms with Crippen LogP contribution in [0.5, 0.6) is 11.5 Å². The molecule has 11 nitrogen and oxygen atoms in total. The molecule has 0 aliphatic carbocycles. The number of piperidine rings is 1. The third kappa shape index (κ3) is 5.02. The Morgan fingerprint density at radius 3 is 2.63 bits per heavy atom. The highest BCUT2D eigenvalue weighted by Crippen LogP contribution is 2.36. The highest BCUT2D eigenvalue weighted by molar-refractivity contribution is 5.93. The third-order valence-electron chi connectivity index (χ3n) is 7.73. The molecule has 2 aromatic carbocycles. The van der Waals surface area contributed by atoms with Gasteiger partial charge in [0.05, 0.1) is 22.9 Å². The molecule has 6 rings (SSSR count). The number of likely N-dealkylation sites (tertiary alicyclic amines) is 1. The Hall–Kier alpha value is -5.06. The minimum Gasteiger partial charge on any atom is -0.481 e.